The van der Waals surface area contributed by atoms with E-state index in [9.17, 15) is 8.42 Å². The van der Waals surface area contributed by atoms with Crippen molar-refractivity contribution in [2.75, 3.05) is 11.9 Å². The molecular formula is C11H18BrN3O2S. The highest BCUT2D eigenvalue weighted by molar-refractivity contribution is 9.09. The average Bonchev–Trinajstić information content (AvgIpc) is 3.03. The van der Waals surface area contributed by atoms with Crippen LogP contribution in [0.4, 0.5) is 0 Å². The number of aromatic nitrogens is 2. The Morgan fingerprint density at radius 2 is 2.22 bits per heavy atom. The molecular weight excluding hydrogens is 318 g/mol. The molecule has 1 fully saturated rings. The zero-order chi connectivity index (χ0) is 13.4. The number of rotatable bonds is 6. The number of hydrogen-bond donors (Lipinski definition) is 1. The molecule has 102 valence electrons. The molecule has 1 saturated carbocycles. The first-order valence-electron chi connectivity index (χ1n) is 6.02. The Kier molecular flexibility index (Phi) is 3.85. The smallest absolute Gasteiger partial charge is 0.259 e. The molecule has 18 heavy (non-hydrogen) atoms. The highest BCUT2D eigenvalue weighted by Gasteiger charge is 2.42. The minimum absolute atomic E-state index is 0.118. The molecule has 0 aliphatic heterocycles. The number of aryl methyl sites for hydroxylation is 2. The predicted octanol–water partition coefficient (Wildman–Crippen LogP) is 1.66. The summed E-state index contributed by atoms with van der Waals surface area (Å²) in [6, 6.07) is 0. The van der Waals surface area contributed by atoms with E-state index in [0.717, 1.165) is 30.5 Å². The van der Waals surface area contributed by atoms with Crippen LogP contribution in [0.3, 0.4) is 0 Å². The topological polar surface area (TPSA) is 64.0 Å². The minimum atomic E-state index is -3.48. The number of nitrogens with one attached hydrogen (secondary N) is 1. The third-order valence-corrected chi connectivity index (χ3v) is 5.91. The maximum Gasteiger partial charge on any atom is 0.259 e. The van der Waals surface area contributed by atoms with Gasteiger partial charge in [0, 0.05) is 24.6 Å². The van der Waals surface area contributed by atoms with Crippen LogP contribution in [0, 0.1) is 12.3 Å². The summed E-state index contributed by atoms with van der Waals surface area (Å²) in [7, 11) is -3.48. The van der Waals surface area contributed by atoms with E-state index in [4.69, 9.17) is 0 Å². The van der Waals surface area contributed by atoms with Crippen LogP contribution in [-0.2, 0) is 16.6 Å². The van der Waals surface area contributed by atoms with E-state index >= 15 is 0 Å². The van der Waals surface area contributed by atoms with E-state index in [1.54, 1.807) is 6.20 Å². The fourth-order valence-electron chi connectivity index (χ4n) is 1.79. The van der Waals surface area contributed by atoms with Gasteiger partial charge >= 0.3 is 0 Å². The Bertz CT molecular complexity index is 534. The Morgan fingerprint density at radius 3 is 2.67 bits per heavy atom. The second-order valence-electron chi connectivity index (χ2n) is 4.87. The van der Waals surface area contributed by atoms with Crippen molar-refractivity contribution in [3.8, 4) is 0 Å². The van der Waals surface area contributed by atoms with E-state index < -0.39 is 10.0 Å². The van der Waals surface area contributed by atoms with Crippen LogP contribution in [-0.4, -0.2) is 29.8 Å². The van der Waals surface area contributed by atoms with Gasteiger partial charge in [-0.15, -0.1) is 0 Å². The molecule has 1 aromatic rings. The Hall–Kier alpha value is -0.400. The summed E-state index contributed by atoms with van der Waals surface area (Å²) in [4.78, 5) is 4.10. The van der Waals surface area contributed by atoms with Crippen molar-refractivity contribution >= 4 is 26.0 Å². The van der Waals surface area contributed by atoms with Gasteiger partial charge in [-0.1, -0.05) is 15.9 Å². The zero-order valence-corrected chi connectivity index (χ0v) is 13.0. The van der Waals surface area contributed by atoms with Crippen molar-refractivity contribution < 1.29 is 8.42 Å². The van der Waals surface area contributed by atoms with Gasteiger partial charge in [-0.2, -0.15) is 0 Å². The first-order chi connectivity index (χ1) is 8.42. The van der Waals surface area contributed by atoms with Crippen LogP contribution >= 0.6 is 15.9 Å². The lowest BCUT2D eigenvalue weighted by Crippen LogP contribution is -2.31. The summed E-state index contributed by atoms with van der Waals surface area (Å²) in [6.07, 6.45) is 3.73. The third kappa shape index (κ3) is 2.78. The van der Waals surface area contributed by atoms with Crippen LogP contribution in [0.5, 0.6) is 0 Å². The third-order valence-electron chi connectivity index (χ3n) is 3.45. The lowest BCUT2D eigenvalue weighted by Gasteiger charge is -2.11. The van der Waals surface area contributed by atoms with Crippen molar-refractivity contribution in [3.05, 3.63) is 12.0 Å². The van der Waals surface area contributed by atoms with Crippen molar-refractivity contribution in [3.63, 3.8) is 0 Å². The van der Waals surface area contributed by atoms with E-state index in [0.29, 0.717) is 6.54 Å². The number of halogens is 1. The van der Waals surface area contributed by atoms with Crippen molar-refractivity contribution in [1.82, 2.24) is 14.3 Å². The summed E-state index contributed by atoms with van der Waals surface area (Å²) in [6.45, 7) is 4.98. The SMILES string of the molecule is CCn1cc(S(=O)(=O)NCC2(CBr)CC2)nc1C. The number of nitrogens with zero attached hydrogens (tertiary/aromatic N) is 2. The normalized spacial score (nSPS) is 17.9. The van der Waals surface area contributed by atoms with Crippen molar-refractivity contribution in [2.45, 2.75) is 38.3 Å². The van der Waals surface area contributed by atoms with E-state index in [-0.39, 0.29) is 10.4 Å². The second kappa shape index (κ2) is 4.94. The summed E-state index contributed by atoms with van der Waals surface area (Å²) >= 11 is 3.43. The number of alkyl halides is 1. The van der Waals surface area contributed by atoms with Gasteiger partial charge in [0.2, 0.25) is 0 Å². The molecule has 1 aromatic heterocycles. The molecule has 0 bridgehead atoms. The fraction of sp³-hybridized carbons (Fsp3) is 0.727. The molecule has 0 radical (unpaired) electrons. The number of hydrogen-bond acceptors (Lipinski definition) is 3. The van der Waals surface area contributed by atoms with Gasteiger partial charge < -0.3 is 4.57 Å². The Balaban J connectivity index is 2.10. The molecule has 0 saturated heterocycles. The summed E-state index contributed by atoms with van der Waals surface area (Å²) in [5.74, 6) is 0.722. The predicted molar refractivity (Wildman–Crippen MR) is 73.3 cm³/mol. The molecule has 2 rings (SSSR count). The van der Waals surface area contributed by atoms with Crippen LogP contribution in [0.1, 0.15) is 25.6 Å². The van der Waals surface area contributed by atoms with E-state index in [2.05, 4.69) is 25.6 Å². The monoisotopic (exact) mass is 335 g/mol. The second-order valence-corrected chi connectivity index (χ2v) is 7.15. The first-order valence-corrected chi connectivity index (χ1v) is 8.62. The lowest BCUT2D eigenvalue weighted by molar-refractivity contribution is 0.536. The van der Waals surface area contributed by atoms with Crippen molar-refractivity contribution in [2.24, 2.45) is 5.41 Å². The molecule has 0 aromatic carbocycles. The molecule has 1 aliphatic carbocycles. The molecule has 0 atom stereocenters. The van der Waals surface area contributed by atoms with Gasteiger partial charge in [0.15, 0.2) is 5.03 Å². The van der Waals surface area contributed by atoms with Crippen LogP contribution in [0.15, 0.2) is 11.2 Å². The molecule has 1 N–H and O–H groups in total. The molecule has 0 spiro atoms. The Labute approximate surface area is 116 Å². The standard InChI is InChI=1S/C11H18BrN3O2S/c1-3-15-6-10(14-9(15)2)18(16,17)13-8-11(7-12)4-5-11/h6,13H,3-5,7-8H2,1-2H3. The Morgan fingerprint density at radius 1 is 1.56 bits per heavy atom. The number of sulfonamides is 1. The van der Waals surface area contributed by atoms with Gasteiger partial charge in [0.05, 0.1) is 0 Å². The van der Waals surface area contributed by atoms with Gasteiger partial charge in [0.1, 0.15) is 5.82 Å². The number of imidazole rings is 1. The average molecular weight is 336 g/mol. The molecule has 1 heterocycles. The van der Waals surface area contributed by atoms with E-state index in [1.165, 1.54) is 0 Å². The maximum atomic E-state index is 12.1. The van der Waals surface area contributed by atoms with Crippen LogP contribution in [0.2, 0.25) is 0 Å². The largest absolute Gasteiger partial charge is 0.334 e. The summed E-state index contributed by atoms with van der Waals surface area (Å²) < 4.78 is 28.7. The molecule has 5 nitrogen and oxygen atoms in total. The van der Waals surface area contributed by atoms with Crippen molar-refractivity contribution in [1.29, 1.82) is 0 Å². The first kappa shape index (κ1) is 14.0. The quantitative estimate of drug-likeness (QED) is 0.804. The van der Waals surface area contributed by atoms with Gasteiger partial charge in [-0.05, 0) is 32.1 Å². The maximum absolute atomic E-state index is 12.1. The van der Waals surface area contributed by atoms with Gasteiger partial charge in [0.25, 0.3) is 10.0 Å². The highest BCUT2D eigenvalue weighted by Crippen LogP contribution is 2.46. The summed E-state index contributed by atoms with van der Waals surface area (Å²) in [5.41, 5.74) is 0.120. The lowest BCUT2D eigenvalue weighted by atomic mass is 10.1. The molecule has 7 heteroatoms. The molecule has 0 unspecified atom stereocenters. The molecule has 0 amide bonds. The molecule has 1 aliphatic rings. The highest BCUT2D eigenvalue weighted by atomic mass is 79.9. The van der Waals surface area contributed by atoms with Gasteiger partial charge in [-0.25, -0.2) is 18.1 Å². The van der Waals surface area contributed by atoms with Gasteiger partial charge in [-0.3, -0.25) is 0 Å². The van der Waals surface area contributed by atoms with Crippen LogP contribution < -0.4 is 4.72 Å². The van der Waals surface area contributed by atoms with E-state index in [1.807, 2.05) is 18.4 Å². The summed E-state index contributed by atoms with van der Waals surface area (Å²) in [5, 5.41) is 0.956. The fourth-order valence-corrected chi connectivity index (χ4v) is 3.71. The van der Waals surface area contributed by atoms with Crippen LogP contribution in [0.25, 0.3) is 0 Å². The zero-order valence-electron chi connectivity index (χ0n) is 10.6. The minimum Gasteiger partial charge on any atom is -0.334 e.